The summed E-state index contributed by atoms with van der Waals surface area (Å²) < 4.78 is 6.25. The van der Waals surface area contributed by atoms with Crippen LogP contribution in [0.2, 0.25) is 0 Å². The van der Waals surface area contributed by atoms with Gasteiger partial charge in [0.1, 0.15) is 10.6 Å². The second-order valence-electron chi connectivity index (χ2n) is 4.85. The summed E-state index contributed by atoms with van der Waals surface area (Å²) in [5.41, 5.74) is 0. The normalized spacial score (nSPS) is 10.8. The molecule has 0 aliphatic heterocycles. The molecule has 0 saturated carbocycles. The predicted molar refractivity (Wildman–Crippen MR) is 93.4 cm³/mol. The van der Waals surface area contributed by atoms with E-state index >= 15 is 0 Å². The maximum Gasteiger partial charge on any atom is 0.265 e. The first-order valence-corrected chi connectivity index (χ1v) is 9.22. The van der Waals surface area contributed by atoms with Gasteiger partial charge in [-0.25, -0.2) is 0 Å². The SMILES string of the molecule is Cc1ccc(CN(Cc2ccco2)C(=O)c2sccc2Br)s1. The van der Waals surface area contributed by atoms with Crippen LogP contribution in [0.4, 0.5) is 0 Å². The average molecular weight is 396 g/mol. The summed E-state index contributed by atoms with van der Waals surface area (Å²) in [5.74, 6) is 0.804. The lowest BCUT2D eigenvalue weighted by molar-refractivity contribution is 0.0723. The van der Waals surface area contributed by atoms with E-state index in [-0.39, 0.29) is 5.91 Å². The molecule has 0 aliphatic carbocycles. The molecule has 0 fully saturated rings. The molecule has 3 nitrogen and oxygen atoms in total. The molecule has 0 aromatic carbocycles. The molecule has 0 N–H and O–H groups in total. The number of hydrogen-bond acceptors (Lipinski definition) is 4. The van der Waals surface area contributed by atoms with Crippen LogP contribution in [0.5, 0.6) is 0 Å². The number of halogens is 1. The minimum absolute atomic E-state index is 0.0179. The fourth-order valence-corrected chi connectivity index (χ4v) is 4.55. The van der Waals surface area contributed by atoms with Gasteiger partial charge >= 0.3 is 0 Å². The quantitative estimate of drug-likeness (QED) is 0.585. The predicted octanol–water partition coefficient (Wildman–Crippen LogP) is 5.32. The van der Waals surface area contributed by atoms with E-state index in [1.165, 1.54) is 21.1 Å². The number of carbonyl (C=O) groups excluding carboxylic acids is 1. The summed E-state index contributed by atoms with van der Waals surface area (Å²) in [6.07, 6.45) is 1.63. The number of hydrogen-bond donors (Lipinski definition) is 0. The van der Waals surface area contributed by atoms with Crippen molar-refractivity contribution < 1.29 is 9.21 Å². The van der Waals surface area contributed by atoms with Crippen molar-refractivity contribution >= 4 is 44.5 Å². The second-order valence-corrected chi connectivity index (χ2v) is 7.99. The minimum atomic E-state index is 0.0179. The number of rotatable bonds is 5. The lowest BCUT2D eigenvalue weighted by Crippen LogP contribution is -2.29. The molecule has 1 amide bonds. The highest BCUT2D eigenvalue weighted by Crippen LogP contribution is 2.27. The van der Waals surface area contributed by atoms with Crippen LogP contribution < -0.4 is 0 Å². The third-order valence-corrected chi connectivity index (χ3v) is 5.98. The molecule has 0 atom stereocenters. The van der Waals surface area contributed by atoms with Crippen molar-refractivity contribution in [1.82, 2.24) is 4.90 Å². The molecular weight excluding hydrogens is 382 g/mol. The topological polar surface area (TPSA) is 33.5 Å². The molecule has 0 spiro atoms. The van der Waals surface area contributed by atoms with E-state index in [0.717, 1.165) is 15.1 Å². The summed E-state index contributed by atoms with van der Waals surface area (Å²) in [6, 6.07) is 9.79. The number of furan rings is 1. The molecule has 0 unspecified atom stereocenters. The second kappa shape index (κ2) is 6.81. The summed E-state index contributed by atoms with van der Waals surface area (Å²) >= 11 is 6.61. The van der Waals surface area contributed by atoms with Crippen LogP contribution in [0.25, 0.3) is 0 Å². The number of thiophene rings is 2. The highest BCUT2D eigenvalue weighted by Gasteiger charge is 2.21. The van der Waals surface area contributed by atoms with Crippen molar-refractivity contribution in [2.24, 2.45) is 0 Å². The lowest BCUT2D eigenvalue weighted by Gasteiger charge is -2.20. The summed E-state index contributed by atoms with van der Waals surface area (Å²) in [7, 11) is 0. The first kappa shape index (κ1) is 15.5. The molecule has 3 heterocycles. The molecule has 3 aromatic rings. The Morgan fingerprint density at radius 2 is 2.14 bits per heavy atom. The van der Waals surface area contributed by atoms with Gasteiger partial charge in [0.05, 0.1) is 19.4 Å². The number of amides is 1. The van der Waals surface area contributed by atoms with Gasteiger partial charge in [-0.1, -0.05) is 0 Å². The Kier molecular flexibility index (Phi) is 4.81. The summed E-state index contributed by atoms with van der Waals surface area (Å²) in [6.45, 7) is 3.12. The standard InChI is InChI=1S/C16H14BrNO2S2/c1-11-4-5-13(22-11)10-18(9-12-3-2-7-20-12)16(19)15-14(17)6-8-21-15/h2-8H,9-10H2,1H3. The zero-order chi connectivity index (χ0) is 15.5. The zero-order valence-corrected chi connectivity index (χ0v) is 15.1. The Bertz CT molecular complexity index is 761. The average Bonchev–Trinajstić information content (AvgIpc) is 3.21. The third kappa shape index (κ3) is 3.51. The Labute approximate surface area is 145 Å². The summed E-state index contributed by atoms with van der Waals surface area (Å²) in [4.78, 5) is 17.8. The lowest BCUT2D eigenvalue weighted by atomic mass is 10.3. The van der Waals surface area contributed by atoms with Gasteiger partial charge in [0, 0.05) is 14.2 Å². The first-order chi connectivity index (χ1) is 10.6. The Morgan fingerprint density at radius 1 is 1.27 bits per heavy atom. The Hall–Kier alpha value is -1.37. The van der Waals surface area contributed by atoms with E-state index in [1.807, 2.05) is 28.5 Å². The molecule has 0 saturated heterocycles. The van der Waals surface area contributed by atoms with Gasteiger partial charge in [0.15, 0.2) is 0 Å². The van der Waals surface area contributed by atoms with Crippen LogP contribution in [0.15, 0.2) is 50.9 Å². The van der Waals surface area contributed by atoms with E-state index in [0.29, 0.717) is 13.1 Å². The molecule has 0 aliphatic rings. The maximum atomic E-state index is 12.8. The van der Waals surface area contributed by atoms with E-state index in [9.17, 15) is 4.79 Å². The molecule has 22 heavy (non-hydrogen) atoms. The number of nitrogens with zero attached hydrogens (tertiary/aromatic N) is 1. The largest absolute Gasteiger partial charge is 0.467 e. The van der Waals surface area contributed by atoms with Crippen LogP contribution in [-0.4, -0.2) is 10.8 Å². The molecule has 3 aromatic heterocycles. The highest BCUT2D eigenvalue weighted by atomic mass is 79.9. The van der Waals surface area contributed by atoms with Crippen LogP contribution in [0.1, 0.15) is 25.2 Å². The van der Waals surface area contributed by atoms with Gasteiger partial charge in [-0.2, -0.15) is 0 Å². The number of carbonyl (C=O) groups is 1. The molecule has 3 rings (SSSR count). The molecular formula is C16H14BrNO2S2. The van der Waals surface area contributed by atoms with Gasteiger partial charge in [0.25, 0.3) is 5.91 Å². The third-order valence-electron chi connectivity index (χ3n) is 3.17. The van der Waals surface area contributed by atoms with Crippen molar-refractivity contribution in [2.75, 3.05) is 0 Å². The van der Waals surface area contributed by atoms with Crippen molar-refractivity contribution in [3.8, 4) is 0 Å². The highest BCUT2D eigenvalue weighted by molar-refractivity contribution is 9.10. The van der Waals surface area contributed by atoms with Gasteiger partial charge in [-0.15, -0.1) is 22.7 Å². The zero-order valence-electron chi connectivity index (χ0n) is 11.9. The van der Waals surface area contributed by atoms with Crippen molar-refractivity contribution in [2.45, 2.75) is 20.0 Å². The van der Waals surface area contributed by atoms with Crippen molar-refractivity contribution in [3.63, 3.8) is 0 Å². The van der Waals surface area contributed by atoms with Gasteiger partial charge in [-0.3, -0.25) is 4.79 Å². The smallest absolute Gasteiger partial charge is 0.265 e. The van der Waals surface area contributed by atoms with E-state index in [4.69, 9.17) is 4.42 Å². The van der Waals surface area contributed by atoms with Gasteiger partial charge in [0.2, 0.25) is 0 Å². The van der Waals surface area contributed by atoms with Crippen molar-refractivity contribution in [3.05, 3.63) is 66.8 Å². The van der Waals surface area contributed by atoms with E-state index in [1.54, 1.807) is 17.6 Å². The first-order valence-electron chi connectivity index (χ1n) is 6.73. The monoisotopic (exact) mass is 395 g/mol. The van der Waals surface area contributed by atoms with Crippen LogP contribution >= 0.6 is 38.6 Å². The fraction of sp³-hybridized carbons (Fsp3) is 0.188. The molecule has 0 bridgehead atoms. The summed E-state index contributed by atoms with van der Waals surface area (Å²) in [5, 5.41) is 1.91. The van der Waals surface area contributed by atoms with Crippen LogP contribution in [0.3, 0.4) is 0 Å². The van der Waals surface area contributed by atoms with Gasteiger partial charge < -0.3 is 9.32 Å². The molecule has 0 radical (unpaired) electrons. The van der Waals surface area contributed by atoms with Crippen molar-refractivity contribution in [1.29, 1.82) is 0 Å². The fourth-order valence-electron chi connectivity index (χ4n) is 2.14. The maximum absolute atomic E-state index is 12.8. The van der Waals surface area contributed by atoms with Crippen LogP contribution in [0, 0.1) is 6.92 Å². The van der Waals surface area contributed by atoms with Crippen LogP contribution in [-0.2, 0) is 13.1 Å². The van der Waals surface area contributed by atoms with Gasteiger partial charge in [-0.05, 0) is 58.6 Å². The number of aryl methyl sites for hydroxylation is 1. The Morgan fingerprint density at radius 3 is 2.73 bits per heavy atom. The molecule has 6 heteroatoms. The molecule has 114 valence electrons. The Balaban J connectivity index is 1.85. The van der Waals surface area contributed by atoms with E-state index in [2.05, 4.69) is 35.0 Å². The minimum Gasteiger partial charge on any atom is -0.467 e. The van der Waals surface area contributed by atoms with E-state index < -0.39 is 0 Å².